The molecular formula is C15H14BrFN2OS. The van der Waals surface area contributed by atoms with Gasteiger partial charge in [0.05, 0.1) is 10.0 Å². The lowest BCUT2D eigenvalue weighted by Gasteiger charge is -2.14. The molecule has 0 aromatic heterocycles. The molecule has 0 heterocycles. The zero-order valence-electron chi connectivity index (χ0n) is 11.3. The van der Waals surface area contributed by atoms with Gasteiger partial charge in [0.1, 0.15) is 23.2 Å². The Labute approximate surface area is 135 Å². The molecule has 0 radical (unpaired) electrons. The van der Waals surface area contributed by atoms with Crippen LogP contribution in [0.15, 0.2) is 45.8 Å². The van der Waals surface area contributed by atoms with E-state index in [1.54, 1.807) is 17.8 Å². The van der Waals surface area contributed by atoms with Crippen molar-refractivity contribution in [1.29, 1.82) is 5.41 Å². The second kappa shape index (κ2) is 6.95. The normalized spacial score (nSPS) is 10.4. The van der Waals surface area contributed by atoms with Crippen LogP contribution in [0.25, 0.3) is 0 Å². The summed E-state index contributed by atoms with van der Waals surface area (Å²) in [5.74, 6) is 1.41. The maximum Gasteiger partial charge on any atom is 0.141 e. The van der Waals surface area contributed by atoms with Crippen LogP contribution < -0.4 is 10.5 Å². The van der Waals surface area contributed by atoms with E-state index < -0.39 is 0 Å². The van der Waals surface area contributed by atoms with E-state index in [9.17, 15) is 4.39 Å². The van der Waals surface area contributed by atoms with Crippen LogP contribution in [0.1, 0.15) is 12.5 Å². The van der Waals surface area contributed by atoms with E-state index in [2.05, 4.69) is 15.9 Å². The van der Waals surface area contributed by atoms with Gasteiger partial charge < -0.3 is 10.5 Å². The third-order valence-electron chi connectivity index (χ3n) is 2.67. The fourth-order valence-electron chi connectivity index (χ4n) is 1.81. The Morgan fingerprint density at radius 3 is 2.71 bits per heavy atom. The number of nitrogens with two attached hydrogens (primary N) is 1. The second-order valence-electron chi connectivity index (χ2n) is 4.15. The first-order chi connectivity index (χ1) is 10.0. The molecule has 6 heteroatoms. The van der Waals surface area contributed by atoms with Crippen molar-refractivity contribution in [3.8, 4) is 11.5 Å². The van der Waals surface area contributed by atoms with Crippen molar-refractivity contribution in [3.05, 3.63) is 52.3 Å². The van der Waals surface area contributed by atoms with Gasteiger partial charge in [-0.05, 0) is 52.0 Å². The van der Waals surface area contributed by atoms with Crippen LogP contribution in [0.5, 0.6) is 11.5 Å². The Morgan fingerprint density at radius 1 is 1.33 bits per heavy atom. The van der Waals surface area contributed by atoms with E-state index in [-0.39, 0.29) is 11.7 Å². The summed E-state index contributed by atoms with van der Waals surface area (Å²) in [6.45, 7) is 2.03. The van der Waals surface area contributed by atoms with E-state index in [0.717, 1.165) is 10.6 Å². The Kier molecular flexibility index (Phi) is 5.25. The average Bonchev–Trinajstić information content (AvgIpc) is 2.42. The highest BCUT2D eigenvalue weighted by Crippen LogP contribution is 2.35. The summed E-state index contributed by atoms with van der Waals surface area (Å²) in [6.07, 6.45) is 0. The first-order valence-corrected chi connectivity index (χ1v) is 8.04. The van der Waals surface area contributed by atoms with E-state index in [0.29, 0.717) is 21.5 Å². The smallest absolute Gasteiger partial charge is 0.141 e. The minimum Gasteiger partial charge on any atom is -0.455 e. The molecule has 21 heavy (non-hydrogen) atoms. The minimum atomic E-state index is -0.351. The third kappa shape index (κ3) is 3.77. The summed E-state index contributed by atoms with van der Waals surface area (Å²) in [6, 6.07) is 9.66. The molecule has 3 N–H and O–H groups in total. The van der Waals surface area contributed by atoms with Crippen LogP contribution in [0.2, 0.25) is 0 Å². The lowest BCUT2D eigenvalue weighted by molar-refractivity contribution is 0.475. The molecule has 0 amide bonds. The summed E-state index contributed by atoms with van der Waals surface area (Å²) in [5.41, 5.74) is 6.24. The lowest BCUT2D eigenvalue weighted by atomic mass is 10.2. The summed E-state index contributed by atoms with van der Waals surface area (Å²) < 4.78 is 19.4. The SMILES string of the molecule is CCSc1cccc(Oc2ccc(F)cc2Br)c1C(=N)N. The summed E-state index contributed by atoms with van der Waals surface area (Å²) in [5, 5.41) is 7.76. The largest absolute Gasteiger partial charge is 0.455 e. The highest BCUT2D eigenvalue weighted by atomic mass is 79.9. The zero-order chi connectivity index (χ0) is 15.4. The quantitative estimate of drug-likeness (QED) is 0.453. The number of thioether (sulfide) groups is 1. The molecule has 110 valence electrons. The molecule has 0 fully saturated rings. The lowest BCUT2D eigenvalue weighted by Crippen LogP contribution is -2.13. The molecule has 2 aromatic rings. The number of hydrogen-bond donors (Lipinski definition) is 2. The van der Waals surface area contributed by atoms with E-state index in [1.165, 1.54) is 18.2 Å². The average molecular weight is 369 g/mol. The number of ether oxygens (including phenoxy) is 1. The van der Waals surface area contributed by atoms with Crippen molar-refractivity contribution < 1.29 is 9.13 Å². The van der Waals surface area contributed by atoms with Gasteiger partial charge in [-0.15, -0.1) is 11.8 Å². The van der Waals surface area contributed by atoms with Gasteiger partial charge in [0.2, 0.25) is 0 Å². The predicted molar refractivity (Wildman–Crippen MR) is 88.0 cm³/mol. The fourth-order valence-corrected chi connectivity index (χ4v) is 3.09. The van der Waals surface area contributed by atoms with Crippen molar-refractivity contribution in [1.82, 2.24) is 0 Å². The zero-order valence-corrected chi connectivity index (χ0v) is 13.7. The Morgan fingerprint density at radius 2 is 2.10 bits per heavy atom. The first kappa shape index (κ1) is 15.9. The van der Waals surface area contributed by atoms with Crippen LogP contribution in [0, 0.1) is 11.2 Å². The Balaban J connectivity index is 2.43. The maximum atomic E-state index is 13.1. The standard InChI is InChI=1S/C15H14BrFN2OS/c1-2-21-13-5-3-4-12(14(13)15(18)19)20-11-7-6-9(17)8-10(11)16/h3-8H,2H2,1H3,(H3,18,19). The third-order valence-corrected chi connectivity index (χ3v) is 4.23. The Bertz CT molecular complexity index is 679. The van der Waals surface area contributed by atoms with Gasteiger partial charge >= 0.3 is 0 Å². The number of hydrogen-bond acceptors (Lipinski definition) is 3. The maximum absolute atomic E-state index is 13.1. The van der Waals surface area contributed by atoms with Crippen LogP contribution in [-0.4, -0.2) is 11.6 Å². The molecule has 0 saturated heterocycles. The topological polar surface area (TPSA) is 59.1 Å². The number of rotatable bonds is 5. The number of halogens is 2. The minimum absolute atomic E-state index is 0.0558. The molecular weight excluding hydrogens is 355 g/mol. The molecule has 0 unspecified atom stereocenters. The van der Waals surface area contributed by atoms with Crippen LogP contribution in [-0.2, 0) is 0 Å². The van der Waals surface area contributed by atoms with Gasteiger partial charge in [-0.3, -0.25) is 5.41 Å². The van der Waals surface area contributed by atoms with Gasteiger partial charge in [0.25, 0.3) is 0 Å². The molecule has 0 saturated carbocycles. The van der Waals surface area contributed by atoms with E-state index in [4.69, 9.17) is 15.9 Å². The van der Waals surface area contributed by atoms with Gasteiger partial charge in [-0.25, -0.2) is 4.39 Å². The fraction of sp³-hybridized carbons (Fsp3) is 0.133. The second-order valence-corrected chi connectivity index (χ2v) is 6.31. The number of nitrogen functional groups attached to an aromatic ring is 1. The van der Waals surface area contributed by atoms with Crippen molar-refractivity contribution in [2.24, 2.45) is 5.73 Å². The highest BCUT2D eigenvalue weighted by Gasteiger charge is 2.14. The molecule has 2 rings (SSSR count). The van der Waals surface area contributed by atoms with Crippen molar-refractivity contribution in [2.75, 3.05) is 5.75 Å². The van der Waals surface area contributed by atoms with Gasteiger partial charge in [-0.2, -0.15) is 0 Å². The molecule has 0 spiro atoms. The van der Waals surface area contributed by atoms with E-state index >= 15 is 0 Å². The molecule has 0 bridgehead atoms. The summed E-state index contributed by atoms with van der Waals surface area (Å²) in [4.78, 5) is 0.890. The van der Waals surface area contributed by atoms with Gasteiger partial charge in [-0.1, -0.05) is 13.0 Å². The van der Waals surface area contributed by atoms with Crippen molar-refractivity contribution >= 4 is 33.5 Å². The molecule has 2 aromatic carbocycles. The molecule has 0 atom stereocenters. The van der Waals surface area contributed by atoms with E-state index in [1.807, 2.05) is 19.1 Å². The number of amidine groups is 1. The molecule has 0 aliphatic rings. The van der Waals surface area contributed by atoms with Crippen LogP contribution >= 0.6 is 27.7 Å². The number of nitrogens with one attached hydrogen (secondary N) is 1. The van der Waals surface area contributed by atoms with Crippen LogP contribution in [0.4, 0.5) is 4.39 Å². The molecule has 3 nitrogen and oxygen atoms in total. The monoisotopic (exact) mass is 368 g/mol. The Hall–Kier alpha value is -1.53. The number of benzene rings is 2. The highest BCUT2D eigenvalue weighted by molar-refractivity contribution is 9.10. The van der Waals surface area contributed by atoms with Gasteiger partial charge in [0.15, 0.2) is 0 Å². The molecule has 0 aliphatic carbocycles. The van der Waals surface area contributed by atoms with Gasteiger partial charge in [0, 0.05) is 4.90 Å². The van der Waals surface area contributed by atoms with Crippen molar-refractivity contribution in [3.63, 3.8) is 0 Å². The summed E-state index contributed by atoms with van der Waals surface area (Å²) in [7, 11) is 0. The predicted octanol–water partition coefficient (Wildman–Crippen LogP) is 4.78. The van der Waals surface area contributed by atoms with Crippen molar-refractivity contribution in [2.45, 2.75) is 11.8 Å². The summed E-state index contributed by atoms with van der Waals surface area (Å²) >= 11 is 4.85. The molecule has 0 aliphatic heterocycles. The van der Waals surface area contributed by atoms with Crippen LogP contribution in [0.3, 0.4) is 0 Å². The first-order valence-electron chi connectivity index (χ1n) is 6.26.